The Morgan fingerprint density at radius 1 is 1.35 bits per heavy atom. The molecule has 2 N–H and O–H groups in total. The topological polar surface area (TPSA) is 38.9 Å². The second-order valence-corrected chi connectivity index (χ2v) is 5.88. The van der Waals surface area contributed by atoms with Gasteiger partial charge in [-0.2, -0.15) is 11.8 Å². The maximum atomic E-state index is 6.34. The fourth-order valence-electron chi connectivity index (χ4n) is 2.39. The Morgan fingerprint density at radius 2 is 2.29 bits per heavy atom. The third-order valence-electron chi connectivity index (χ3n) is 3.38. The minimum absolute atomic E-state index is 0.147. The Bertz CT molecular complexity index is 520. The molecule has 0 aliphatic carbocycles. The molecule has 1 fully saturated rings. The first-order valence-corrected chi connectivity index (χ1v) is 7.11. The van der Waals surface area contributed by atoms with Gasteiger partial charge in [0.2, 0.25) is 0 Å². The van der Waals surface area contributed by atoms with Gasteiger partial charge in [-0.3, -0.25) is 4.98 Å². The van der Waals surface area contributed by atoms with Crippen molar-refractivity contribution in [1.82, 2.24) is 4.98 Å². The lowest BCUT2D eigenvalue weighted by Crippen LogP contribution is -2.21. The fourth-order valence-corrected chi connectivity index (χ4v) is 3.73. The first-order valence-electron chi connectivity index (χ1n) is 6.06. The number of nitrogens with two attached hydrogens (primary N) is 1. The third-order valence-corrected chi connectivity index (χ3v) is 4.86. The van der Waals surface area contributed by atoms with Gasteiger partial charge in [0.25, 0.3) is 0 Å². The molecule has 0 spiro atoms. The molecule has 0 bridgehead atoms. The number of pyridine rings is 1. The van der Waals surface area contributed by atoms with Crippen LogP contribution in [0.5, 0.6) is 0 Å². The quantitative estimate of drug-likeness (QED) is 0.882. The summed E-state index contributed by atoms with van der Waals surface area (Å²) in [6.45, 7) is 0. The summed E-state index contributed by atoms with van der Waals surface area (Å²) in [5.74, 6) is 1.25. The Labute approximate surface area is 106 Å². The van der Waals surface area contributed by atoms with Crippen molar-refractivity contribution in [3.63, 3.8) is 0 Å². The van der Waals surface area contributed by atoms with Gasteiger partial charge in [-0.15, -0.1) is 0 Å². The van der Waals surface area contributed by atoms with E-state index in [1.54, 1.807) is 0 Å². The first-order chi connectivity index (χ1) is 8.34. The zero-order chi connectivity index (χ0) is 11.7. The molecule has 1 saturated heterocycles. The van der Waals surface area contributed by atoms with E-state index >= 15 is 0 Å². The van der Waals surface area contributed by atoms with Gasteiger partial charge in [0, 0.05) is 22.9 Å². The van der Waals surface area contributed by atoms with Gasteiger partial charge >= 0.3 is 0 Å². The lowest BCUT2D eigenvalue weighted by molar-refractivity contribution is 0.646. The van der Waals surface area contributed by atoms with Crippen LogP contribution in [0.1, 0.15) is 24.4 Å². The van der Waals surface area contributed by atoms with Crippen LogP contribution in [-0.4, -0.2) is 16.0 Å². The van der Waals surface area contributed by atoms with Crippen LogP contribution in [0.3, 0.4) is 0 Å². The summed E-state index contributed by atoms with van der Waals surface area (Å²) in [6.07, 6.45) is 4.38. The number of fused-ring (bicyclic) bond motifs is 1. The van der Waals surface area contributed by atoms with Crippen molar-refractivity contribution in [2.75, 3.05) is 5.75 Å². The minimum Gasteiger partial charge on any atom is -0.323 e. The van der Waals surface area contributed by atoms with Gasteiger partial charge in [-0.25, -0.2) is 0 Å². The molecule has 2 heterocycles. The van der Waals surface area contributed by atoms with Crippen LogP contribution in [0, 0.1) is 0 Å². The zero-order valence-electron chi connectivity index (χ0n) is 9.67. The number of nitrogens with zero attached hydrogens (tertiary/aromatic N) is 1. The summed E-state index contributed by atoms with van der Waals surface area (Å²) in [4.78, 5) is 4.39. The Morgan fingerprint density at radius 3 is 3.12 bits per heavy atom. The summed E-state index contributed by atoms with van der Waals surface area (Å²) in [6, 6.07) is 10.6. The first kappa shape index (κ1) is 11.1. The van der Waals surface area contributed by atoms with Crippen LogP contribution in [0.25, 0.3) is 10.9 Å². The minimum atomic E-state index is 0.147. The van der Waals surface area contributed by atoms with E-state index in [4.69, 9.17) is 5.73 Å². The van der Waals surface area contributed by atoms with Crippen molar-refractivity contribution in [2.45, 2.75) is 24.1 Å². The lowest BCUT2D eigenvalue weighted by Gasteiger charge is -2.18. The molecule has 0 amide bonds. The average Bonchev–Trinajstić information content (AvgIpc) is 2.91. The molecular formula is C14H16N2S. The highest BCUT2D eigenvalue weighted by atomic mass is 32.2. The van der Waals surface area contributed by atoms with Crippen LogP contribution in [-0.2, 0) is 0 Å². The van der Waals surface area contributed by atoms with Crippen molar-refractivity contribution in [2.24, 2.45) is 5.73 Å². The van der Waals surface area contributed by atoms with Crippen molar-refractivity contribution in [3.8, 4) is 0 Å². The van der Waals surface area contributed by atoms with E-state index in [1.165, 1.54) is 29.5 Å². The summed E-state index contributed by atoms with van der Waals surface area (Å²) in [5.41, 5.74) is 8.61. The molecule has 2 aromatic rings. The SMILES string of the molecule is NC(c1ccc2cccnc2c1)C1CCCS1. The van der Waals surface area contributed by atoms with Crippen LogP contribution < -0.4 is 5.73 Å². The predicted octanol–water partition coefficient (Wildman–Crippen LogP) is 3.13. The highest BCUT2D eigenvalue weighted by molar-refractivity contribution is 8.00. The predicted molar refractivity (Wildman–Crippen MR) is 74.2 cm³/mol. The van der Waals surface area contributed by atoms with E-state index in [9.17, 15) is 0 Å². The van der Waals surface area contributed by atoms with Gasteiger partial charge in [-0.05, 0) is 36.3 Å². The maximum absolute atomic E-state index is 6.34. The highest BCUT2D eigenvalue weighted by Crippen LogP contribution is 2.35. The van der Waals surface area contributed by atoms with E-state index in [2.05, 4.69) is 29.2 Å². The van der Waals surface area contributed by atoms with Crippen LogP contribution in [0.4, 0.5) is 0 Å². The fraction of sp³-hybridized carbons (Fsp3) is 0.357. The second kappa shape index (κ2) is 4.67. The van der Waals surface area contributed by atoms with Crippen molar-refractivity contribution >= 4 is 22.7 Å². The number of benzene rings is 1. The summed E-state index contributed by atoms with van der Waals surface area (Å²) in [5, 5.41) is 1.76. The molecule has 88 valence electrons. The third kappa shape index (κ3) is 2.17. The molecule has 1 aromatic heterocycles. The van der Waals surface area contributed by atoms with Gasteiger partial charge in [0.05, 0.1) is 5.52 Å². The van der Waals surface area contributed by atoms with E-state index in [1.807, 2.05) is 24.0 Å². The van der Waals surface area contributed by atoms with Gasteiger partial charge in [0.1, 0.15) is 0 Å². The average molecular weight is 244 g/mol. The number of hydrogen-bond acceptors (Lipinski definition) is 3. The van der Waals surface area contributed by atoms with Gasteiger partial charge in [-0.1, -0.05) is 18.2 Å². The van der Waals surface area contributed by atoms with Gasteiger partial charge < -0.3 is 5.73 Å². The molecule has 17 heavy (non-hydrogen) atoms. The van der Waals surface area contributed by atoms with Crippen LogP contribution >= 0.6 is 11.8 Å². The number of hydrogen-bond donors (Lipinski definition) is 1. The molecule has 2 unspecified atom stereocenters. The maximum Gasteiger partial charge on any atom is 0.0705 e. The normalized spacial score (nSPS) is 21.8. The zero-order valence-corrected chi connectivity index (χ0v) is 10.5. The van der Waals surface area contributed by atoms with Crippen molar-refractivity contribution < 1.29 is 0 Å². The van der Waals surface area contributed by atoms with E-state index in [0.717, 1.165) is 5.52 Å². The lowest BCUT2D eigenvalue weighted by atomic mass is 10.0. The summed E-state index contributed by atoms with van der Waals surface area (Å²) < 4.78 is 0. The molecule has 2 nitrogen and oxygen atoms in total. The molecule has 1 aromatic carbocycles. The number of rotatable bonds is 2. The molecule has 2 atom stereocenters. The standard InChI is InChI=1S/C14H16N2S/c15-14(13-4-2-8-17-13)11-6-5-10-3-1-7-16-12(10)9-11/h1,3,5-7,9,13-14H,2,4,8,15H2. The number of thioether (sulfide) groups is 1. The molecule has 1 aliphatic heterocycles. The Kier molecular flexibility index (Phi) is 3.04. The monoisotopic (exact) mass is 244 g/mol. The molecular weight excluding hydrogens is 228 g/mol. The van der Waals surface area contributed by atoms with Gasteiger partial charge in [0.15, 0.2) is 0 Å². The van der Waals surface area contributed by atoms with E-state index < -0.39 is 0 Å². The van der Waals surface area contributed by atoms with E-state index in [0.29, 0.717) is 5.25 Å². The van der Waals surface area contributed by atoms with Crippen LogP contribution in [0.15, 0.2) is 36.5 Å². The molecule has 0 radical (unpaired) electrons. The smallest absolute Gasteiger partial charge is 0.0705 e. The number of aromatic nitrogens is 1. The molecule has 1 aliphatic rings. The van der Waals surface area contributed by atoms with Crippen molar-refractivity contribution in [3.05, 3.63) is 42.1 Å². The Hall–Kier alpha value is -1.06. The van der Waals surface area contributed by atoms with Crippen LogP contribution in [0.2, 0.25) is 0 Å². The van der Waals surface area contributed by atoms with E-state index in [-0.39, 0.29) is 6.04 Å². The Balaban J connectivity index is 1.94. The van der Waals surface area contributed by atoms with Crippen molar-refractivity contribution in [1.29, 1.82) is 0 Å². The summed E-state index contributed by atoms with van der Waals surface area (Å²) >= 11 is 2.01. The second-order valence-electron chi connectivity index (χ2n) is 4.53. The molecule has 0 saturated carbocycles. The molecule has 3 rings (SSSR count). The molecule has 3 heteroatoms. The highest BCUT2D eigenvalue weighted by Gasteiger charge is 2.23. The largest absolute Gasteiger partial charge is 0.323 e. The summed E-state index contributed by atoms with van der Waals surface area (Å²) in [7, 11) is 0.